The van der Waals surface area contributed by atoms with Crippen LogP contribution in [0.15, 0.2) is 6.07 Å². The summed E-state index contributed by atoms with van der Waals surface area (Å²) in [5, 5.41) is 3.48. The number of nitrogens with one attached hydrogen (secondary N) is 1. The molecule has 108 valence electrons. The minimum absolute atomic E-state index is 0.789. The second-order valence-corrected chi connectivity index (χ2v) is 5.12. The Hall–Kier alpha value is -1.06. The van der Waals surface area contributed by atoms with E-state index < -0.39 is 0 Å². The third-order valence-corrected chi connectivity index (χ3v) is 3.79. The van der Waals surface area contributed by atoms with Gasteiger partial charge in [-0.1, -0.05) is 0 Å². The summed E-state index contributed by atoms with van der Waals surface area (Å²) in [6.45, 7) is 9.36. The van der Waals surface area contributed by atoms with Crippen molar-refractivity contribution in [1.82, 2.24) is 5.32 Å². The number of hydrogen-bond donors (Lipinski definition) is 2. The molecule has 0 fully saturated rings. The van der Waals surface area contributed by atoms with E-state index >= 15 is 0 Å². The molecular formula is C16H28N2O. The van der Waals surface area contributed by atoms with Gasteiger partial charge in [-0.2, -0.15) is 0 Å². The highest BCUT2D eigenvalue weighted by molar-refractivity contribution is 5.48. The van der Waals surface area contributed by atoms with E-state index in [4.69, 9.17) is 10.5 Å². The number of benzene rings is 1. The van der Waals surface area contributed by atoms with Crippen molar-refractivity contribution in [3.8, 4) is 5.75 Å². The minimum Gasteiger partial charge on any atom is -0.496 e. The fourth-order valence-corrected chi connectivity index (χ4v) is 2.43. The highest BCUT2D eigenvalue weighted by Gasteiger charge is 2.10. The van der Waals surface area contributed by atoms with Crippen molar-refractivity contribution in [3.05, 3.63) is 28.3 Å². The van der Waals surface area contributed by atoms with Crippen LogP contribution in [0.2, 0.25) is 0 Å². The maximum atomic E-state index is 5.48. The third-order valence-electron chi connectivity index (χ3n) is 3.79. The summed E-state index contributed by atoms with van der Waals surface area (Å²) in [6.07, 6.45) is 3.34. The Morgan fingerprint density at radius 3 is 2.47 bits per heavy atom. The van der Waals surface area contributed by atoms with E-state index in [0.29, 0.717) is 0 Å². The lowest BCUT2D eigenvalue weighted by Gasteiger charge is -2.16. The largest absolute Gasteiger partial charge is 0.496 e. The second-order valence-electron chi connectivity index (χ2n) is 5.12. The standard InChI is InChI=1S/C16H28N2O/c1-12-11-16(19-4)14(3)13(2)15(12)7-10-18-9-6-5-8-17/h11,18H,5-10,17H2,1-4H3. The van der Waals surface area contributed by atoms with E-state index in [0.717, 1.165) is 44.6 Å². The SMILES string of the molecule is COc1cc(C)c(CCNCCCCN)c(C)c1C. The molecule has 3 nitrogen and oxygen atoms in total. The number of aryl methyl sites for hydroxylation is 1. The first-order valence-corrected chi connectivity index (χ1v) is 7.16. The molecule has 1 rings (SSSR count). The van der Waals surface area contributed by atoms with Gasteiger partial charge in [-0.25, -0.2) is 0 Å². The van der Waals surface area contributed by atoms with Gasteiger partial charge in [-0.3, -0.25) is 0 Å². The molecule has 0 aliphatic heterocycles. The van der Waals surface area contributed by atoms with Crippen LogP contribution in [0.4, 0.5) is 0 Å². The number of nitrogens with two attached hydrogens (primary N) is 1. The molecule has 0 unspecified atom stereocenters. The van der Waals surface area contributed by atoms with Crippen molar-refractivity contribution in [3.63, 3.8) is 0 Å². The van der Waals surface area contributed by atoms with Crippen LogP contribution in [-0.4, -0.2) is 26.7 Å². The molecule has 0 atom stereocenters. The Labute approximate surface area is 117 Å². The van der Waals surface area contributed by atoms with Gasteiger partial charge in [0, 0.05) is 0 Å². The monoisotopic (exact) mass is 264 g/mol. The molecule has 0 saturated heterocycles. The number of methoxy groups -OCH3 is 1. The van der Waals surface area contributed by atoms with Crippen molar-refractivity contribution in [2.45, 2.75) is 40.0 Å². The number of hydrogen-bond acceptors (Lipinski definition) is 3. The van der Waals surface area contributed by atoms with E-state index in [9.17, 15) is 0 Å². The van der Waals surface area contributed by atoms with Crippen molar-refractivity contribution in [2.24, 2.45) is 5.73 Å². The lowest BCUT2D eigenvalue weighted by Crippen LogP contribution is -2.20. The fraction of sp³-hybridized carbons (Fsp3) is 0.625. The number of unbranched alkanes of at least 4 members (excludes halogenated alkanes) is 1. The molecule has 0 radical (unpaired) electrons. The van der Waals surface area contributed by atoms with Gasteiger partial charge in [0.05, 0.1) is 7.11 Å². The molecule has 0 aliphatic rings. The maximum absolute atomic E-state index is 5.48. The molecule has 0 saturated carbocycles. The van der Waals surface area contributed by atoms with Crippen molar-refractivity contribution < 1.29 is 4.74 Å². The zero-order valence-corrected chi connectivity index (χ0v) is 12.8. The zero-order chi connectivity index (χ0) is 14.3. The summed E-state index contributed by atoms with van der Waals surface area (Å²) in [5.41, 5.74) is 10.9. The van der Waals surface area contributed by atoms with Gasteiger partial charge in [-0.15, -0.1) is 0 Å². The Kier molecular flexibility index (Phi) is 6.89. The number of ether oxygens (including phenoxy) is 1. The average Bonchev–Trinajstić information content (AvgIpc) is 2.41. The summed E-state index contributed by atoms with van der Waals surface area (Å²) in [4.78, 5) is 0. The molecule has 0 aromatic heterocycles. The van der Waals surface area contributed by atoms with E-state index in [2.05, 4.69) is 32.2 Å². The van der Waals surface area contributed by atoms with Crippen LogP contribution in [0.5, 0.6) is 5.75 Å². The predicted octanol–water partition coefficient (Wildman–Crippen LogP) is 2.49. The average molecular weight is 264 g/mol. The molecule has 3 N–H and O–H groups in total. The van der Waals surface area contributed by atoms with Crippen LogP contribution in [0.3, 0.4) is 0 Å². The van der Waals surface area contributed by atoms with Crippen LogP contribution in [-0.2, 0) is 6.42 Å². The van der Waals surface area contributed by atoms with Crippen molar-refractivity contribution in [1.29, 1.82) is 0 Å². The molecule has 1 aromatic carbocycles. The molecule has 3 heteroatoms. The van der Waals surface area contributed by atoms with Crippen molar-refractivity contribution >= 4 is 0 Å². The molecule has 1 aromatic rings. The maximum Gasteiger partial charge on any atom is 0.122 e. The molecule has 0 amide bonds. The highest BCUT2D eigenvalue weighted by Crippen LogP contribution is 2.27. The van der Waals surface area contributed by atoms with Gasteiger partial charge in [0.1, 0.15) is 5.75 Å². The minimum atomic E-state index is 0.789. The summed E-state index contributed by atoms with van der Waals surface area (Å²) < 4.78 is 5.40. The molecule has 0 spiro atoms. The van der Waals surface area contributed by atoms with E-state index in [1.54, 1.807) is 7.11 Å². The van der Waals surface area contributed by atoms with E-state index in [-0.39, 0.29) is 0 Å². The van der Waals surface area contributed by atoms with Crippen LogP contribution in [0.25, 0.3) is 0 Å². The lowest BCUT2D eigenvalue weighted by atomic mass is 9.95. The summed E-state index contributed by atoms with van der Waals surface area (Å²) in [7, 11) is 1.74. The fourth-order valence-electron chi connectivity index (χ4n) is 2.43. The lowest BCUT2D eigenvalue weighted by molar-refractivity contribution is 0.410. The first-order chi connectivity index (χ1) is 9.11. The summed E-state index contributed by atoms with van der Waals surface area (Å²) in [6, 6.07) is 2.14. The van der Waals surface area contributed by atoms with Crippen LogP contribution in [0.1, 0.15) is 35.1 Å². The molecule has 0 heterocycles. The molecular weight excluding hydrogens is 236 g/mol. The van der Waals surface area contributed by atoms with Gasteiger partial charge >= 0.3 is 0 Å². The Morgan fingerprint density at radius 1 is 1.11 bits per heavy atom. The molecule has 19 heavy (non-hydrogen) atoms. The zero-order valence-electron chi connectivity index (χ0n) is 12.8. The quantitative estimate of drug-likeness (QED) is 0.709. The third kappa shape index (κ3) is 4.51. The topological polar surface area (TPSA) is 47.3 Å². The van der Waals surface area contributed by atoms with E-state index in [1.165, 1.54) is 22.3 Å². The molecule has 0 aliphatic carbocycles. The Morgan fingerprint density at radius 2 is 1.84 bits per heavy atom. The second kappa shape index (κ2) is 8.18. The summed E-state index contributed by atoms with van der Waals surface area (Å²) >= 11 is 0. The summed E-state index contributed by atoms with van der Waals surface area (Å²) in [5.74, 6) is 0.995. The first kappa shape index (κ1) is 16.0. The van der Waals surface area contributed by atoms with Gasteiger partial charge < -0.3 is 15.8 Å². The van der Waals surface area contributed by atoms with Gasteiger partial charge in [0.15, 0.2) is 0 Å². The van der Waals surface area contributed by atoms with Gasteiger partial charge in [0.25, 0.3) is 0 Å². The van der Waals surface area contributed by atoms with Crippen LogP contribution in [0, 0.1) is 20.8 Å². The molecule has 0 bridgehead atoms. The van der Waals surface area contributed by atoms with Crippen LogP contribution < -0.4 is 15.8 Å². The van der Waals surface area contributed by atoms with Crippen molar-refractivity contribution in [2.75, 3.05) is 26.7 Å². The van der Waals surface area contributed by atoms with Gasteiger partial charge in [-0.05, 0) is 88.0 Å². The van der Waals surface area contributed by atoms with E-state index in [1.807, 2.05) is 0 Å². The first-order valence-electron chi connectivity index (χ1n) is 7.16. The Bertz CT molecular complexity index is 402. The predicted molar refractivity (Wildman–Crippen MR) is 82.1 cm³/mol. The normalized spacial score (nSPS) is 10.8. The van der Waals surface area contributed by atoms with Gasteiger partial charge in [0.2, 0.25) is 0 Å². The number of rotatable bonds is 8. The van der Waals surface area contributed by atoms with Crippen LogP contribution >= 0.6 is 0 Å². The highest BCUT2D eigenvalue weighted by atomic mass is 16.5. The smallest absolute Gasteiger partial charge is 0.122 e. The Balaban J connectivity index is 2.56.